The lowest BCUT2D eigenvalue weighted by Crippen LogP contribution is -2.24. The molecule has 0 unspecified atom stereocenters. The maximum absolute atomic E-state index is 5.61. The summed E-state index contributed by atoms with van der Waals surface area (Å²) in [7, 11) is 0. The van der Waals surface area contributed by atoms with Gasteiger partial charge in [0.2, 0.25) is 5.82 Å². The molecule has 2 aromatic heterocycles. The van der Waals surface area contributed by atoms with Crippen molar-refractivity contribution in [1.82, 2.24) is 19.9 Å². The third kappa shape index (κ3) is 3.49. The number of nitrogens with zero attached hydrogens (tertiary/aromatic N) is 4. The van der Waals surface area contributed by atoms with Gasteiger partial charge < -0.3 is 10.3 Å². The van der Waals surface area contributed by atoms with Crippen LogP contribution in [0.2, 0.25) is 0 Å². The van der Waals surface area contributed by atoms with Crippen LogP contribution in [-0.4, -0.2) is 19.9 Å². The van der Waals surface area contributed by atoms with Crippen LogP contribution >= 0.6 is 12.4 Å². The summed E-state index contributed by atoms with van der Waals surface area (Å²) in [5.41, 5.74) is 9.22. The minimum Gasteiger partial charge on any atom is -0.332 e. The van der Waals surface area contributed by atoms with Gasteiger partial charge in [-0.15, -0.1) is 12.4 Å². The van der Waals surface area contributed by atoms with Gasteiger partial charge in [-0.05, 0) is 39.3 Å². The maximum atomic E-state index is 5.61. The average molecular weight is 348 g/mol. The van der Waals surface area contributed by atoms with Crippen LogP contribution in [0.1, 0.15) is 32.0 Å². The molecule has 0 aliphatic rings. The molecule has 1 aromatic carbocycles. The van der Waals surface area contributed by atoms with Crippen molar-refractivity contribution in [3.05, 3.63) is 41.6 Å². The molecule has 0 atom stereocenters. The first-order valence-electron chi connectivity index (χ1n) is 7.59. The van der Waals surface area contributed by atoms with Crippen molar-refractivity contribution in [3.63, 3.8) is 0 Å². The minimum atomic E-state index is -0.0940. The van der Waals surface area contributed by atoms with Crippen LogP contribution < -0.4 is 5.73 Å². The first-order chi connectivity index (χ1) is 10.9. The van der Waals surface area contributed by atoms with E-state index in [2.05, 4.69) is 36.0 Å². The minimum absolute atomic E-state index is 0. The molecule has 24 heavy (non-hydrogen) atoms. The molecule has 6 nitrogen and oxygen atoms in total. The number of aryl methyl sites for hydroxylation is 1. The molecule has 0 spiro atoms. The van der Waals surface area contributed by atoms with Gasteiger partial charge in [0.25, 0.3) is 5.89 Å². The van der Waals surface area contributed by atoms with Gasteiger partial charge in [-0.3, -0.25) is 4.68 Å². The zero-order valence-corrected chi connectivity index (χ0v) is 15.1. The zero-order chi connectivity index (χ0) is 16.6. The summed E-state index contributed by atoms with van der Waals surface area (Å²) in [4.78, 5) is 4.46. The highest BCUT2D eigenvalue weighted by atomic mass is 35.5. The van der Waals surface area contributed by atoms with Crippen LogP contribution in [0.4, 0.5) is 0 Å². The van der Waals surface area contributed by atoms with Gasteiger partial charge in [0.05, 0.1) is 5.54 Å². The van der Waals surface area contributed by atoms with Crippen LogP contribution in [-0.2, 0) is 12.1 Å². The molecule has 2 N–H and O–H groups in total. The molecule has 0 saturated heterocycles. The summed E-state index contributed by atoms with van der Waals surface area (Å²) in [5.74, 6) is 0.973. The van der Waals surface area contributed by atoms with E-state index in [1.165, 1.54) is 0 Å². The van der Waals surface area contributed by atoms with E-state index in [-0.39, 0.29) is 17.9 Å². The van der Waals surface area contributed by atoms with Crippen LogP contribution in [0.25, 0.3) is 23.0 Å². The summed E-state index contributed by atoms with van der Waals surface area (Å²) >= 11 is 0. The fourth-order valence-electron chi connectivity index (χ4n) is 2.49. The molecule has 0 radical (unpaired) electrons. The lowest BCUT2D eigenvalue weighted by atomic mass is 10.1. The van der Waals surface area contributed by atoms with Crippen LogP contribution in [0, 0.1) is 6.92 Å². The molecule has 128 valence electrons. The number of aromatic nitrogens is 4. The van der Waals surface area contributed by atoms with Crippen molar-refractivity contribution >= 4 is 12.4 Å². The van der Waals surface area contributed by atoms with Crippen LogP contribution in [0.3, 0.4) is 0 Å². The number of nitrogens with two attached hydrogens (primary N) is 1. The van der Waals surface area contributed by atoms with E-state index in [4.69, 9.17) is 10.3 Å². The average Bonchev–Trinajstić information content (AvgIpc) is 3.13. The molecule has 7 heteroatoms. The molecule has 0 saturated carbocycles. The first-order valence-corrected chi connectivity index (χ1v) is 7.59. The maximum Gasteiger partial charge on any atom is 0.278 e. The third-order valence-corrected chi connectivity index (χ3v) is 3.62. The molecule has 0 aliphatic carbocycles. The van der Waals surface area contributed by atoms with Gasteiger partial charge in [-0.25, -0.2) is 0 Å². The normalized spacial score (nSPS) is 11.4. The second-order valence-electron chi connectivity index (χ2n) is 6.58. The highest BCUT2D eigenvalue weighted by Gasteiger charge is 2.20. The highest BCUT2D eigenvalue weighted by Crippen LogP contribution is 2.24. The Balaban J connectivity index is 0.00000208. The largest absolute Gasteiger partial charge is 0.332 e. The summed E-state index contributed by atoms with van der Waals surface area (Å²) in [6.07, 6.45) is 0. The first kappa shape index (κ1) is 18.2. The summed E-state index contributed by atoms with van der Waals surface area (Å²) in [6, 6.07) is 9.76. The van der Waals surface area contributed by atoms with Crippen molar-refractivity contribution in [3.8, 4) is 23.0 Å². The van der Waals surface area contributed by atoms with Crippen molar-refractivity contribution in [2.24, 2.45) is 5.73 Å². The Morgan fingerprint density at radius 3 is 2.38 bits per heavy atom. The van der Waals surface area contributed by atoms with E-state index in [0.29, 0.717) is 24.0 Å². The fourth-order valence-corrected chi connectivity index (χ4v) is 2.49. The molecule has 3 rings (SSSR count). The van der Waals surface area contributed by atoms with E-state index < -0.39 is 0 Å². The molecule has 0 fully saturated rings. The lowest BCUT2D eigenvalue weighted by molar-refractivity contribution is 0.347. The highest BCUT2D eigenvalue weighted by molar-refractivity contribution is 5.85. The van der Waals surface area contributed by atoms with Gasteiger partial charge in [0.15, 0.2) is 5.69 Å². The summed E-state index contributed by atoms with van der Waals surface area (Å²) < 4.78 is 7.34. The molecular weight excluding hydrogens is 326 g/mol. The number of hydrogen-bond donors (Lipinski definition) is 1. The predicted octanol–water partition coefficient (Wildman–Crippen LogP) is 3.54. The number of benzene rings is 1. The van der Waals surface area contributed by atoms with Crippen LogP contribution in [0.5, 0.6) is 0 Å². The van der Waals surface area contributed by atoms with Crippen molar-refractivity contribution in [2.45, 2.75) is 39.8 Å². The van der Waals surface area contributed by atoms with Crippen LogP contribution in [0.15, 0.2) is 34.9 Å². The van der Waals surface area contributed by atoms with E-state index >= 15 is 0 Å². The van der Waals surface area contributed by atoms with Gasteiger partial charge in [-0.1, -0.05) is 29.4 Å². The zero-order valence-electron chi connectivity index (χ0n) is 14.3. The van der Waals surface area contributed by atoms with Gasteiger partial charge in [-0.2, -0.15) is 10.1 Å². The molecule has 0 bridgehead atoms. The SMILES string of the molecule is Cc1cc(-c2nc(-c3ccc(CN)cc3)no2)nn1C(C)(C)C.Cl. The Kier molecular flexibility index (Phi) is 5.11. The van der Waals surface area contributed by atoms with Crippen molar-refractivity contribution < 1.29 is 4.52 Å². The van der Waals surface area contributed by atoms with E-state index in [9.17, 15) is 0 Å². The summed E-state index contributed by atoms with van der Waals surface area (Å²) in [5, 5.41) is 8.64. The molecule has 0 amide bonds. The van der Waals surface area contributed by atoms with E-state index in [0.717, 1.165) is 16.8 Å². The Morgan fingerprint density at radius 2 is 1.83 bits per heavy atom. The fraction of sp³-hybridized carbons (Fsp3) is 0.353. The second-order valence-corrected chi connectivity index (χ2v) is 6.58. The van der Waals surface area contributed by atoms with Gasteiger partial charge in [0, 0.05) is 17.8 Å². The van der Waals surface area contributed by atoms with Gasteiger partial charge >= 0.3 is 0 Å². The monoisotopic (exact) mass is 347 g/mol. The van der Waals surface area contributed by atoms with Crippen molar-refractivity contribution in [2.75, 3.05) is 0 Å². The second kappa shape index (κ2) is 6.75. The standard InChI is InChI=1S/C17H21N5O.ClH/c1-11-9-14(20-22(11)17(2,3)4)16-19-15(21-23-16)13-7-5-12(10-18)6-8-13;/h5-9H,10,18H2,1-4H3;1H. The number of hydrogen-bond acceptors (Lipinski definition) is 5. The Morgan fingerprint density at radius 1 is 1.17 bits per heavy atom. The van der Waals surface area contributed by atoms with Crippen molar-refractivity contribution in [1.29, 1.82) is 0 Å². The number of halogens is 1. The molecule has 2 heterocycles. The predicted molar refractivity (Wildman–Crippen MR) is 95.8 cm³/mol. The third-order valence-electron chi connectivity index (χ3n) is 3.62. The number of rotatable bonds is 3. The van der Waals surface area contributed by atoms with Gasteiger partial charge in [0.1, 0.15) is 0 Å². The molecular formula is C17H22ClN5O. The summed E-state index contributed by atoms with van der Waals surface area (Å²) in [6.45, 7) is 8.85. The lowest BCUT2D eigenvalue weighted by Gasteiger charge is -2.20. The molecule has 3 aromatic rings. The Bertz CT molecular complexity index is 814. The quantitative estimate of drug-likeness (QED) is 0.783. The van der Waals surface area contributed by atoms with E-state index in [1.807, 2.05) is 41.9 Å². The Labute approximate surface area is 147 Å². The molecule has 0 aliphatic heterocycles. The van der Waals surface area contributed by atoms with E-state index in [1.54, 1.807) is 0 Å². The Hall–Kier alpha value is -2.18. The topological polar surface area (TPSA) is 82.8 Å². The smallest absolute Gasteiger partial charge is 0.278 e.